The van der Waals surface area contributed by atoms with Crippen molar-refractivity contribution in [1.29, 1.82) is 0 Å². The Morgan fingerprint density at radius 3 is 2.69 bits per heavy atom. The second-order valence-corrected chi connectivity index (χ2v) is 7.64. The number of methoxy groups -OCH3 is 1. The van der Waals surface area contributed by atoms with Crippen molar-refractivity contribution < 1.29 is 13.9 Å². The van der Waals surface area contributed by atoms with Crippen LogP contribution in [0.4, 0.5) is 10.1 Å². The average Bonchev–Trinajstić information content (AvgIpc) is 3.25. The smallest absolute Gasteiger partial charge is 0.185 e. The lowest BCUT2D eigenvalue weighted by atomic mass is 10.1. The number of imidazole rings is 1. The van der Waals surface area contributed by atoms with Gasteiger partial charge in [0, 0.05) is 6.20 Å². The van der Waals surface area contributed by atoms with Crippen LogP contribution in [0.3, 0.4) is 0 Å². The highest BCUT2D eigenvalue weighted by Gasteiger charge is 2.30. The number of amidine groups is 1. The first-order chi connectivity index (χ1) is 15.6. The molecule has 1 saturated heterocycles. The van der Waals surface area contributed by atoms with Gasteiger partial charge >= 0.3 is 0 Å². The molecule has 32 heavy (non-hydrogen) atoms. The molecule has 164 valence electrons. The summed E-state index contributed by atoms with van der Waals surface area (Å²) in [5.74, 6) is 1.98. The van der Waals surface area contributed by atoms with E-state index in [0.29, 0.717) is 25.5 Å². The van der Waals surface area contributed by atoms with E-state index < -0.39 is 0 Å². The monoisotopic (exact) mass is 433 g/mol. The largest absolute Gasteiger partial charge is 0.495 e. The van der Waals surface area contributed by atoms with Gasteiger partial charge in [0.1, 0.15) is 18.2 Å². The molecule has 0 saturated carbocycles. The number of nitrogens with zero attached hydrogens (tertiary/aromatic N) is 5. The molecule has 0 unspecified atom stereocenters. The van der Waals surface area contributed by atoms with E-state index in [0.717, 1.165) is 40.8 Å². The van der Waals surface area contributed by atoms with Gasteiger partial charge in [0.2, 0.25) is 0 Å². The Bertz CT molecular complexity index is 1190. The number of fused-ring (bicyclic) bond motifs is 1. The topological polar surface area (TPSA) is 55.1 Å². The van der Waals surface area contributed by atoms with Crippen LogP contribution in [0.5, 0.6) is 5.75 Å². The molecule has 3 heterocycles. The van der Waals surface area contributed by atoms with Crippen molar-refractivity contribution >= 4 is 17.6 Å². The number of aliphatic imine (C=N–C) groups is 1. The van der Waals surface area contributed by atoms with Gasteiger partial charge in [0.25, 0.3) is 0 Å². The van der Waals surface area contributed by atoms with Crippen LogP contribution in [-0.4, -0.2) is 53.7 Å². The molecule has 5 rings (SSSR count). The molecule has 0 aliphatic carbocycles. The Hall–Kier alpha value is -3.81. The van der Waals surface area contributed by atoms with E-state index in [1.807, 2.05) is 42.0 Å². The summed E-state index contributed by atoms with van der Waals surface area (Å²) in [6, 6.07) is 12.5. The Morgan fingerprint density at radius 2 is 1.94 bits per heavy atom. The molecule has 0 amide bonds. The molecule has 0 spiro atoms. The molecule has 8 heteroatoms. The molecule has 1 fully saturated rings. The Balaban J connectivity index is 1.45. The third kappa shape index (κ3) is 3.79. The molecule has 0 bridgehead atoms. The maximum atomic E-state index is 13.4. The van der Waals surface area contributed by atoms with Crippen LogP contribution in [0, 0.1) is 12.7 Å². The van der Waals surface area contributed by atoms with Crippen molar-refractivity contribution in [3.63, 3.8) is 0 Å². The van der Waals surface area contributed by atoms with Crippen molar-refractivity contribution in [3.8, 4) is 11.4 Å². The summed E-state index contributed by atoms with van der Waals surface area (Å²) in [6.07, 6.45) is 5.71. The lowest BCUT2D eigenvalue weighted by molar-refractivity contribution is 0.160. The minimum atomic E-state index is -0.245. The van der Waals surface area contributed by atoms with Crippen molar-refractivity contribution in [1.82, 2.24) is 14.6 Å². The molecular weight excluding hydrogens is 409 g/mol. The first-order valence-corrected chi connectivity index (χ1v) is 10.5. The van der Waals surface area contributed by atoms with E-state index >= 15 is 0 Å². The number of rotatable bonds is 4. The lowest BCUT2D eigenvalue weighted by Gasteiger charge is -2.43. The predicted octanol–water partition coefficient (Wildman–Crippen LogP) is 3.84. The van der Waals surface area contributed by atoms with Gasteiger partial charge in [-0.15, -0.1) is 0 Å². The zero-order chi connectivity index (χ0) is 22.1. The number of anilines is 1. The third-order valence-electron chi connectivity index (χ3n) is 5.51. The normalized spacial score (nSPS) is 17.1. The fourth-order valence-electron chi connectivity index (χ4n) is 4.00. The summed E-state index contributed by atoms with van der Waals surface area (Å²) in [4.78, 5) is 9.02. The zero-order valence-electron chi connectivity index (χ0n) is 18.0. The molecular formula is C24H24FN5O2. The Kier molecular flexibility index (Phi) is 5.26. The third-order valence-corrected chi connectivity index (χ3v) is 5.51. The summed E-state index contributed by atoms with van der Waals surface area (Å²) in [6.45, 7) is 4.53. The van der Waals surface area contributed by atoms with Crippen LogP contribution < -0.4 is 9.75 Å². The maximum Gasteiger partial charge on any atom is 0.185 e. The van der Waals surface area contributed by atoms with Gasteiger partial charge in [-0.25, -0.2) is 9.37 Å². The first-order valence-electron chi connectivity index (χ1n) is 10.5. The van der Waals surface area contributed by atoms with Crippen LogP contribution in [0.1, 0.15) is 11.3 Å². The molecule has 0 N–H and O–H groups in total. The molecule has 3 aromatic rings. The van der Waals surface area contributed by atoms with Crippen molar-refractivity contribution in [3.05, 3.63) is 77.8 Å². The molecule has 2 aliphatic rings. The minimum absolute atomic E-state index is 0.245. The van der Waals surface area contributed by atoms with Gasteiger partial charge in [-0.2, -0.15) is 0 Å². The number of benzene rings is 2. The lowest BCUT2D eigenvalue weighted by Crippen LogP contribution is -2.55. The van der Waals surface area contributed by atoms with Gasteiger partial charge in [-0.05, 0) is 55.0 Å². The Labute approximate surface area is 186 Å². The number of aromatic nitrogens is 2. The highest BCUT2D eigenvalue weighted by Crippen LogP contribution is 2.28. The van der Waals surface area contributed by atoms with E-state index in [2.05, 4.69) is 15.0 Å². The van der Waals surface area contributed by atoms with Crippen LogP contribution in [0.25, 0.3) is 11.8 Å². The van der Waals surface area contributed by atoms with E-state index in [-0.39, 0.29) is 5.82 Å². The molecule has 0 atom stereocenters. The van der Waals surface area contributed by atoms with E-state index in [1.54, 1.807) is 25.6 Å². The number of hydrogen-bond acceptors (Lipinski definition) is 6. The summed E-state index contributed by atoms with van der Waals surface area (Å²) in [5, 5.41) is 4.23. The number of ether oxygens (including phenoxy) is 2. The van der Waals surface area contributed by atoms with Crippen LogP contribution in [-0.2, 0) is 4.74 Å². The van der Waals surface area contributed by atoms with Crippen molar-refractivity contribution in [2.45, 2.75) is 6.92 Å². The van der Waals surface area contributed by atoms with E-state index in [9.17, 15) is 4.39 Å². The molecule has 2 aromatic carbocycles. The predicted molar refractivity (Wildman–Crippen MR) is 122 cm³/mol. The summed E-state index contributed by atoms with van der Waals surface area (Å²) < 4.78 is 27.0. The summed E-state index contributed by atoms with van der Waals surface area (Å²) in [7, 11) is 1.66. The standard InChI is InChI=1S/C24H24FN5O2/c1-17-15-28(16-27-17)21-8-3-18(13-22(21)31-2)14-23-24-26-9-10-29(30(24)11-12-32-23)20-6-4-19(25)5-7-20/h3-8,13-16H,9-12H2,1-2H3. The minimum Gasteiger partial charge on any atom is -0.495 e. The first kappa shape index (κ1) is 20.1. The number of aryl methyl sites for hydroxylation is 1. The quantitative estimate of drug-likeness (QED) is 0.626. The SMILES string of the molecule is COc1cc(C=C2OCCN3C2=NCCN3c2ccc(F)cc2)ccc1-n1cnc(C)c1. The molecule has 0 radical (unpaired) electrons. The average molecular weight is 433 g/mol. The number of hydrazine groups is 1. The fraction of sp³-hybridized carbons (Fsp3) is 0.250. The summed E-state index contributed by atoms with van der Waals surface area (Å²) in [5.41, 5.74) is 3.73. The molecule has 2 aliphatic heterocycles. The van der Waals surface area contributed by atoms with Crippen LogP contribution in [0.2, 0.25) is 0 Å². The van der Waals surface area contributed by atoms with Gasteiger partial charge in [-0.1, -0.05) is 6.07 Å². The highest BCUT2D eigenvalue weighted by molar-refractivity contribution is 6.02. The number of morpholine rings is 1. The van der Waals surface area contributed by atoms with Crippen molar-refractivity contribution in [2.24, 2.45) is 4.99 Å². The highest BCUT2D eigenvalue weighted by atomic mass is 19.1. The Morgan fingerprint density at radius 1 is 1.09 bits per heavy atom. The van der Waals surface area contributed by atoms with Crippen LogP contribution in [0.15, 0.2) is 65.7 Å². The van der Waals surface area contributed by atoms with Gasteiger partial charge in [-0.3, -0.25) is 15.0 Å². The maximum absolute atomic E-state index is 13.4. The summed E-state index contributed by atoms with van der Waals surface area (Å²) >= 11 is 0. The second kappa shape index (κ2) is 8.37. The van der Waals surface area contributed by atoms with Gasteiger partial charge < -0.3 is 14.0 Å². The zero-order valence-corrected chi connectivity index (χ0v) is 18.0. The number of halogens is 1. The van der Waals surface area contributed by atoms with Gasteiger partial charge in [0.15, 0.2) is 11.6 Å². The van der Waals surface area contributed by atoms with E-state index in [4.69, 9.17) is 14.5 Å². The number of hydrogen-bond donors (Lipinski definition) is 0. The van der Waals surface area contributed by atoms with Crippen molar-refractivity contribution in [2.75, 3.05) is 38.4 Å². The second-order valence-electron chi connectivity index (χ2n) is 7.64. The van der Waals surface area contributed by atoms with Crippen LogP contribution >= 0.6 is 0 Å². The van der Waals surface area contributed by atoms with E-state index in [1.165, 1.54) is 12.1 Å². The fourth-order valence-corrected chi connectivity index (χ4v) is 4.00. The van der Waals surface area contributed by atoms with Gasteiger partial charge in [0.05, 0.1) is 50.1 Å². The molecule has 1 aromatic heterocycles. The molecule has 7 nitrogen and oxygen atoms in total.